The van der Waals surface area contributed by atoms with Crippen molar-refractivity contribution in [2.75, 3.05) is 5.32 Å². The van der Waals surface area contributed by atoms with Crippen LogP contribution in [0.15, 0.2) is 60.3 Å². The van der Waals surface area contributed by atoms with Gasteiger partial charge in [0.25, 0.3) is 11.8 Å². The number of para-hydroxylation sites is 1. The standard InChI is InChI=1S/C27H26N4O4/c1-17-10-12-19(13-11-17)28-24(32)16-30-15-18(21-8-4-5-9-23(21)30)14-22-25(33)29-27(35)31(26(22)34)20-6-2-3-7-20/h4-5,8-15,20H,2-3,6-7,16H2,1H3,(H,28,32)(H,29,33,35)/b22-14+. The Bertz CT molecular complexity index is 1360. The quantitative estimate of drug-likeness (QED) is 0.435. The molecule has 8 heteroatoms. The number of carbonyl (C=O) groups is 4. The van der Waals surface area contributed by atoms with Crippen LogP contribution in [0.1, 0.15) is 36.8 Å². The Morgan fingerprint density at radius 1 is 1.06 bits per heavy atom. The minimum absolute atomic E-state index is 0.0599. The highest BCUT2D eigenvalue weighted by molar-refractivity contribution is 6.31. The maximum absolute atomic E-state index is 13.2. The third-order valence-electron chi connectivity index (χ3n) is 6.59. The molecule has 3 aromatic rings. The van der Waals surface area contributed by atoms with Crippen molar-refractivity contribution in [2.24, 2.45) is 0 Å². The van der Waals surface area contributed by atoms with Gasteiger partial charge in [-0.2, -0.15) is 0 Å². The van der Waals surface area contributed by atoms with Gasteiger partial charge in [0.2, 0.25) is 5.91 Å². The highest BCUT2D eigenvalue weighted by Gasteiger charge is 2.40. The average molecular weight is 471 g/mol. The fourth-order valence-corrected chi connectivity index (χ4v) is 4.83. The largest absolute Gasteiger partial charge is 0.337 e. The number of hydrogen-bond donors (Lipinski definition) is 2. The van der Waals surface area contributed by atoms with E-state index in [-0.39, 0.29) is 24.1 Å². The summed E-state index contributed by atoms with van der Waals surface area (Å²) in [6.07, 6.45) is 6.66. The van der Waals surface area contributed by atoms with Crippen molar-refractivity contribution in [1.29, 1.82) is 0 Å². The van der Waals surface area contributed by atoms with Gasteiger partial charge < -0.3 is 9.88 Å². The van der Waals surface area contributed by atoms with Crippen molar-refractivity contribution in [3.8, 4) is 0 Å². The number of rotatable bonds is 5. The molecular formula is C27H26N4O4. The second kappa shape index (κ2) is 9.21. The Balaban J connectivity index is 1.45. The first-order chi connectivity index (χ1) is 16.9. The molecule has 0 radical (unpaired) electrons. The van der Waals surface area contributed by atoms with E-state index in [2.05, 4.69) is 10.6 Å². The molecule has 1 saturated carbocycles. The number of imide groups is 2. The third kappa shape index (κ3) is 4.47. The average Bonchev–Trinajstić information content (AvgIpc) is 3.47. The van der Waals surface area contributed by atoms with Crippen LogP contribution in [0.2, 0.25) is 0 Å². The van der Waals surface area contributed by atoms with E-state index >= 15 is 0 Å². The zero-order valence-electron chi connectivity index (χ0n) is 19.4. The number of nitrogens with one attached hydrogen (secondary N) is 2. The van der Waals surface area contributed by atoms with E-state index in [1.54, 1.807) is 10.8 Å². The number of nitrogens with zero attached hydrogens (tertiary/aromatic N) is 2. The van der Waals surface area contributed by atoms with Crippen LogP contribution in [-0.2, 0) is 20.9 Å². The number of amides is 5. The lowest BCUT2D eigenvalue weighted by Crippen LogP contribution is -2.57. The third-order valence-corrected chi connectivity index (χ3v) is 6.59. The first kappa shape index (κ1) is 22.6. The Kier molecular flexibility index (Phi) is 5.94. The number of aromatic nitrogens is 1. The van der Waals surface area contributed by atoms with Crippen LogP contribution in [0.3, 0.4) is 0 Å². The lowest BCUT2D eigenvalue weighted by molar-refractivity contribution is -0.131. The predicted octanol–water partition coefficient (Wildman–Crippen LogP) is 3.99. The topological polar surface area (TPSA) is 101 Å². The smallest absolute Gasteiger partial charge is 0.331 e. The van der Waals surface area contributed by atoms with Crippen molar-refractivity contribution >= 4 is 46.4 Å². The molecule has 1 aliphatic carbocycles. The number of aryl methyl sites for hydroxylation is 1. The van der Waals surface area contributed by atoms with Crippen LogP contribution in [0.4, 0.5) is 10.5 Å². The maximum atomic E-state index is 13.2. The van der Waals surface area contributed by atoms with Crippen LogP contribution in [0.25, 0.3) is 17.0 Å². The van der Waals surface area contributed by atoms with Gasteiger partial charge in [-0.05, 0) is 44.0 Å². The lowest BCUT2D eigenvalue weighted by atomic mass is 10.0. The SMILES string of the molecule is Cc1ccc(NC(=O)Cn2cc(/C=C3\C(=O)NC(=O)N(C4CCCC4)C3=O)c3ccccc32)cc1. The summed E-state index contributed by atoms with van der Waals surface area (Å²) in [6, 6.07) is 14.2. The van der Waals surface area contributed by atoms with Crippen LogP contribution < -0.4 is 10.6 Å². The molecule has 8 nitrogen and oxygen atoms in total. The normalized spacial score (nSPS) is 17.9. The number of fused-ring (bicyclic) bond motifs is 1. The number of anilines is 1. The number of hydrogen-bond acceptors (Lipinski definition) is 4. The summed E-state index contributed by atoms with van der Waals surface area (Å²) in [6.45, 7) is 2.04. The van der Waals surface area contributed by atoms with Crippen molar-refractivity contribution in [3.05, 3.63) is 71.4 Å². The minimum Gasteiger partial charge on any atom is -0.337 e. The maximum Gasteiger partial charge on any atom is 0.331 e. The molecule has 5 rings (SSSR count). The van der Waals surface area contributed by atoms with E-state index in [4.69, 9.17) is 0 Å². The Morgan fingerprint density at radius 3 is 2.51 bits per heavy atom. The summed E-state index contributed by atoms with van der Waals surface area (Å²) in [5.41, 5.74) is 3.16. The molecule has 0 atom stereocenters. The summed E-state index contributed by atoms with van der Waals surface area (Å²) >= 11 is 0. The zero-order chi connectivity index (χ0) is 24.5. The molecule has 2 aliphatic rings. The van der Waals surface area contributed by atoms with Crippen LogP contribution in [0.5, 0.6) is 0 Å². The van der Waals surface area contributed by atoms with Gasteiger partial charge in [0.1, 0.15) is 12.1 Å². The zero-order valence-corrected chi connectivity index (χ0v) is 19.4. The van der Waals surface area contributed by atoms with Gasteiger partial charge in [-0.25, -0.2) is 4.79 Å². The van der Waals surface area contributed by atoms with E-state index in [1.165, 1.54) is 11.0 Å². The summed E-state index contributed by atoms with van der Waals surface area (Å²) in [4.78, 5) is 52.1. The van der Waals surface area contributed by atoms with Gasteiger partial charge in [-0.1, -0.05) is 48.7 Å². The highest BCUT2D eigenvalue weighted by Crippen LogP contribution is 2.29. The molecule has 35 heavy (non-hydrogen) atoms. The molecule has 5 amide bonds. The van der Waals surface area contributed by atoms with Gasteiger partial charge in [0, 0.05) is 34.4 Å². The molecule has 2 aromatic carbocycles. The van der Waals surface area contributed by atoms with E-state index in [9.17, 15) is 19.2 Å². The van der Waals surface area contributed by atoms with Gasteiger partial charge in [0.15, 0.2) is 0 Å². The molecule has 1 aromatic heterocycles. The molecule has 0 bridgehead atoms. The molecule has 1 saturated heterocycles. The van der Waals surface area contributed by atoms with Crippen molar-refractivity contribution in [3.63, 3.8) is 0 Å². The van der Waals surface area contributed by atoms with Crippen LogP contribution in [0, 0.1) is 6.92 Å². The molecule has 1 aliphatic heterocycles. The molecule has 178 valence electrons. The lowest BCUT2D eigenvalue weighted by Gasteiger charge is -2.31. The van der Waals surface area contributed by atoms with Gasteiger partial charge in [-0.15, -0.1) is 0 Å². The molecule has 2 heterocycles. The van der Waals surface area contributed by atoms with E-state index in [0.29, 0.717) is 11.3 Å². The van der Waals surface area contributed by atoms with Crippen molar-refractivity contribution in [2.45, 2.75) is 45.2 Å². The molecule has 2 fully saturated rings. The fraction of sp³-hybridized carbons (Fsp3) is 0.259. The number of carbonyl (C=O) groups excluding carboxylic acids is 4. The van der Waals surface area contributed by atoms with Gasteiger partial charge >= 0.3 is 6.03 Å². The van der Waals surface area contributed by atoms with Gasteiger partial charge in [0.05, 0.1) is 0 Å². The summed E-state index contributed by atoms with van der Waals surface area (Å²) in [5, 5.41) is 6.00. The Labute approximate surface area is 202 Å². The first-order valence-corrected chi connectivity index (χ1v) is 11.8. The van der Waals surface area contributed by atoms with E-state index in [1.807, 2.05) is 55.5 Å². The second-order valence-electron chi connectivity index (χ2n) is 9.07. The molecule has 0 unspecified atom stereocenters. The Morgan fingerprint density at radius 2 is 1.77 bits per heavy atom. The number of benzene rings is 2. The first-order valence-electron chi connectivity index (χ1n) is 11.8. The minimum atomic E-state index is -0.705. The Hall–Kier alpha value is -4.20. The summed E-state index contributed by atoms with van der Waals surface area (Å²) in [7, 11) is 0. The predicted molar refractivity (Wildman–Crippen MR) is 132 cm³/mol. The molecule has 2 N–H and O–H groups in total. The summed E-state index contributed by atoms with van der Waals surface area (Å²) in [5.74, 6) is -1.47. The monoisotopic (exact) mass is 470 g/mol. The number of barbiturate groups is 1. The molecule has 0 spiro atoms. The summed E-state index contributed by atoms with van der Waals surface area (Å²) < 4.78 is 1.79. The van der Waals surface area contributed by atoms with Crippen molar-refractivity contribution in [1.82, 2.24) is 14.8 Å². The fourth-order valence-electron chi connectivity index (χ4n) is 4.83. The second-order valence-corrected chi connectivity index (χ2v) is 9.07. The van der Waals surface area contributed by atoms with Gasteiger partial charge in [-0.3, -0.25) is 24.6 Å². The van der Waals surface area contributed by atoms with Crippen molar-refractivity contribution < 1.29 is 19.2 Å². The molecular weight excluding hydrogens is 444 g/mol. The van der Waals surface area contributed by atoms with Crippen LogP contribution >= 0.6 is 0 Å². The van der Waals surface area contributed by atoms with Crippen LogP contribution in [-0.4, -0.2) is 39.3 Å². The number of urea groups is 1. The highest BCUT2D eigenvalue weighted by atomic mass is 16.2. The van der Waals surface area contributed by atoms with E-state index in [0.717, 1.165) is 42.1 Å². The van der Waals surface area contributed by atoms with E-state index < -0.39 is 17.8 Å².